The Labute approximate surface area is 123 Å². The van der Waals surface area contributed by atoms with E-state index in [-0.39, 0.29) is 17.6 Å². The third kappa shape index (κ3) is 4.94. The Balaban J connectivity index is 2.81. The SMILES string of the molecule is CC(C)(C)OC(=O)N1CCN(CCN)CC1C(C)(C)C. The first-order chi connectivity index (χ1) is 9.04. The molecule has 0 saturated carbocycles. The van der Waals surface area contributed by atoms with Crippen LogP contribution in [0.5, 0.6) is 0 Å². The third-order valence-electron chi connectivity index (χ3n) is 3.54. The molecule has 0 spiro atoms. The van der Waals surface area contributed by atoms with E-state index >= 15 is 0 Å². The fraction of sp³-hybridized carbons (Fsp3) is 0.933. The van der Waals surface area contributed by atoms with Crippen molar-refractivity contribution in [3.63, 3.8) is 0 Å². The maximum Gasteiger partial charge on any atom is 0.410 e. The highest BCUT2D eigenvalue weighted by atomic mass is 16.6. The van der Waals surface area contributed by atoms with Gasteiger partial charge in [-0.2, -0.15) is 0 Å². The summed E-state index contributed by atoms with van der Waals surface area (Å²) in [6, 6.07) is 0.151. The van der Waals surface area contributed by atoms with Crippen LogP contribution < -0.4 is 5.73 Å². The van der Waals surface area contributed by atoms with Crippen molar-refractivity contribution in [2.24, 2.45) is 11.1 Å². The van der Waals surface area contributed by atoms with Crippen molar-refractivity contribution in [3.8, 4) is 0 Å². The molecule has 0 aromatic rings. The average molecular weight is 285 g/mol. The van der Waals surface area contributed by atoms with Crippen molar-refractivity contribution in [2.45, 2.75) is 53.2 Å². The molecular weight excluding hydrogens is 254 g/mol. The van der Waals surface area contributed by atoms with Crippen LogP contribution in [0.15, 0.2) is 0 Å². The lowest BCUT2D eigenvalue weighted by Gasteiger charge is -2.47. The summed E-state index contributed by atoms with van der Waals surface area (Å²) in [5.41, 5.74) is 5.21. The van der Waals surface area contributed by atoms with Gasteiger partial charge in [0.1, 0.15) is 5.60 Å². The number of nitrogens with zero attached hydrogens (tertiary/aromatic N) is 2. The van der Waals surface area contributed by atoms with Crippen LogP contribution in [-0.4, -0.2) is 60.3 Å². The number of piperazine rings is 1. The molecular formula is C15H31N3O2. The number of amides is 1. The lowest BCUT2D eigenvalue weighted by molar-refractivity contribution is -0.0225. The van der Waals surface area contributed by atoms with E-state index in [4.69, 9.17) is 10.5 Å². The van der Waals surface area contributed by atoms with E-state index in [0.717, 1.165) is 19.6 Å². The first kappa shape index (κ1) is 17.2. The molecule has 0 radical (unpaired) electrons. The van der Waals surface area contributed by atoms with Crippen LogP contribution in [0.2, 0.25) is 0 Å². The molecule has 0 aliphatic carbocycles. The predicted octanol–water partition coefficient (Wildman–Crippen LogP) is 1.91. The van der Waals surface area contributed by atoms with Crippen LogP contribution in [-0.2, 0) is 4.74 Å². The van der Waals surface area contributed by atoms with Gasteiger partial charge in [-0.05, 0) is 26.2 Å². The summed E-state index contributed by atoms with van der Waals surface area (Å²) in [5, 5.41) is 0. The zero-order valence-corrected chi connectivity index (χ0v) is 13.9. The zero-order chi connectivity index (χ0) is 15.6. The monoisotopic (exact) mass is 285 g/mol. The molecule has 20 heavy (non-hydrogen) atoms. The molecule has 1 heterocycles. The van der Waals surface area contributed by atoms with Gasteiger partial charge in [0.05, 0.1) is 6.04 Å². The van der Waals surface area contributed by atoms with E-state index in [1.807, 2.05) is 25.7 Å². The molecule has 1 aliphatic heterocycles. The molecule has 0 aromatic heterocycles. The van der Waals surface area contributed by atoms with Gasteiger partial charge >= 0.3 is 6.09 Å². The van der Waals surface area contributed by atoms with Crippen LogP contribution in [0.1, 0.15) is 41.5 Å². The van der Waals surface area contributed by atoms with Crippen molar-refractivity contribution >= 4 is 6.09 Å². The van der Waals surface area contributed by atoms with Crippen molar-refractivity contribution < 1.29 is 9.53 Å². The fourth-order valence-electron chi connectivity index (χ4n) is 2.51. The maximum atomic E-state index is 12.4. The van der Waals surface area contributed by atoms with Crippen molar-refractivity contribution in [1.82, 2.24) is 9.80 Å². The van der Waals surface area contributed by atoms with E-state index in [9.17, 15) is 4.79 Å². The van der Waals surface area contributed by atoms with Gasteiger partial charge in [0.15, 0.2) is 0 Å². The minimum absolute atomic E-state index is 0.0180. The van der Waals surface area contributed by atoms with Crippen LogP contribution in [0.4, 0.5) is 4.79 Å². The Hall–Kier alpha value is -0.810. The molecule has 1 atom stereocenters. The number of hydrogen-bond acceptors (Lipinski definition) is 4. The minimum Gasteiger partial charge on any atom is -0.444 e. The lowest BCUT2D eigenvalue weighted by Crippen LogP contribution is -2.60. The number of carbonyl (C=O) groups is 1. The van der Waals surface area contributed by atoms with Crippen molar-refractivity contribution in [3.05, 3.63) is 0 Å². The van der Waals surface area contributed by atoms with Gasteiger partial charge in [0.2, 0.25) is 0 Å². The van der Waals surface area contributed by atoms with E-state index in [0.29, 0.717) is 13.1 Å². The number of rotatable bonds is 2. The molecule has 0 aromatic carbocycles. The zero-order valence-electron chi connectivity index (χ0n) is 13.9. The van der Waals surface area contributed by atoms with Crippen molar-refractivity contribution in [2.75, 3.05) is 32.7 Å². The second kappa shape index (κ2) is 6.31. The van der Waals surface area contributed by atoms with E-state index in [1.165, 1.54) is 0 Å². The molecule has 1 unspecified atom stereocenters. The van der Waals surface area contributed by atoms with Crippen LogP contribution in [0.25, 0.3) is 0 Å². The highest BCUT2D eigenvalue weighted by Crippen LogP contribution is 2.28. The second-order valence-corrected chi connectivity index (χ2v) is 7.64. The number of carbonyl (C=O) groups excluding carboxylic acids is 1. The Bertz CT molecular complexity index is 331. The molecule has 0 bridgehead atoms. The standard InChI is InChI=1S/C15H31N3O2/c1-14(2,3)12-11-17(8-7-16)9-10-18(12)13(19)20-15(4,5)6/h12H,7-11,16H2,1-6H3. The van der Waals surface area contributed by atoms with Gasteiger partial charge in [-0.15, -0.1) is 0 Å². The highest BCUT2D eigenvalue weighted by molar-refractivity contribution is 5.69. The molecule has 1 aliphatic rings. The van der Waals surface area contributed by atoms with Crippen molar-refractivity contribution in [1.29, 1.82) is 0 Å². The minimum atomic E-state index is -0.450. The Morgan fingerprint density at radius 3 is 2.25 bits per heavy atom. The maximum absolute atomic E-state index is 12.4. The number of hydrogen-bond donors (Lipinski definition) is 1. The molecule has 5 nitrogen and oxygen atoms in total. The lowest BCUT2D eigenvalue weighted by atomic mass is 9.84. The molecule has 1 saturated heterocycles. The van der Waals surface area contributed by atoms with Gasteiger partial charge < -0.3 is 15.4 Å². The summed E-state index contributed by atoms with van der Waals surface area (Å²) in [6.45, 7) is 16.2. The number of nitrogens with two attached hydrogens (primary N) is 1. The first-order valence-electron chi connectivity index (χ1n) is 7.46. The van der Waals surface area contributed by atoms with E-state index < -0.39 is 5.60 Å². The summed E-state index contributed by atoms with van der Waals surface area (Å²) in [5.74, 6) is 0. The summed E-state index contributed by atoms with van der Waals surface area (Å²) in [6.07, 6.45) is -0.204. The fourth-order valence-corrected chi connectivity index (χ4v) is 2.51. The highest BCUT2D eigenvalue weighted by Gasteiger charge is 2.39. The number of ether oxygens (including phenoxy) is 1. The van der Waals surface area contributed by atoms with Crippen LogP contribution in [0, 0.1) is 5.41 Å². The Kier molecular flexibility index (Phi) is 5.44. The summed E-state index contributed by atoms with van der Waals surface area (Å²) in [4.78, 5) is 16.6. The largest absolute Gasteiger partial charge is 0.444 e. The Morgan fingerprint density at radius 2 is 1.80 bits per heavy atom. The first-order valence-corrected chi connectivity index (χ1v) is 7.46. The molecule has 2 N–H and O–H groups in total. The molecule has 1 fully saturated rings. The molecule has 1 rings (SSSR count). The normalized spacial score (nSPS) is 21.9. The Morgan fingerprint density at radius 1 is 1.20 bits per heavy atom. The quantitative estimate of drug-likeness (QED) is 0.842. The smallest absolute Gasteiger partial charge is 0.410 e. The molecule has 118 valence electrons. The second-order valence-electron chi connectivity index (χ2n) is 7.64. The van der Waals surface area contributed by atoms with Gasteiger partial charge in [-0.25, -0.2) is 4.79 Å². The third-order valence-corrected chi connectivity index (χ3v) is 3.54. The summed E-state index contributed by atoms with van der Waals surface area (Å²) in [7, 11) is 0. The predicted molar refractivity (Wildman–Crippen MR) is 81.7 cm³/mol. The van der Waals surface area contributed by atoms with Gasteiger partial charge in [0, 0.05) is 32.7 Å². The summed E-state index contributed by atoms with van der Waals surface area (Å²) >= 11 is 0. The van der Waals surface area contributed by atoms with E-state index in [1.54, 1.807) is 0 Å². The topological polar surface area (TPSA) is 58.8 Å². The summed E-state index contributed by atoms with van der Waals surface area (Å²) < 4.78 is 5.54. The van der Waals surface area contributed by atoms with Crippen LogP contribution >= 0.6 is 0 Å². The van der Waals surface area contributed by atoms with E-state index in [2.05, 4.69) is 25.7 Å². The van der Waals surface area contributed by atoms with Gasteiger partial charge in [0.25, 0.3) is 0 Å². The average Bonchev–Trinajstić information content (AvgIpc) is 2.25. The molecule has 1 amide bonds. The molecule has 5 heteroatoms. The van der Waals surface area contributed by atoms with Crippen LogP contribution in [0.3, 0.4) is 0 Å². The van der Waals surface area contributed by atoms with Gasteiger partial charge in [-0.3, -0.25) is 4.90 Å². The van der Waals surface area contributed by atoms with Gasteiger partial charge in [-0.1, -0.05) is 20.8 Å².